The third-order valence-corrected chi connectivity index (χ3v) is 5.27. The van der Waals surface area contributed by atoms with Gasteiger partial charge in [0.2, 0.25) is 0 Å². The molecule has 1 aliphatic carbocycles. The molecule has 1 N–H and O–H groups in total. The molecule has 3 heteroatoms. The second-order valence-electron chi connectivity index (χ2n) is 6.30. The predicted octanol–water partition coefficient (Wildman–Crippen LogP) is 4.40. The quantitative estimate of drug-likeness (QED) is 0.878. The molecule has 110 valence electrons. The summed E-state index contributed by atoms with van der Waals surface area (Å²) in [6.45, 7) is 5.31. The van der Waals surface area contributed by atoms with Crippen molar-refractivity contribution in [3.05, 3.63) is 27.7 Å². The van der Waals surface area contributed by atoms with Crippen molar-refractivity contribution in [1.29, 1.82) is 0 Å². The van der Waals surface area contributed by atoms with E-state index in [0.717, 1.165) is 35.8 Å². The predicted molar refractivity (Wildman–Crippen MR) is 86.6 cm³/mol. The van der Waals surface area contributed by atoms with Crippen LogP contribution in [0, 0.1) is 12.8 Å². The summed E-state index contributed by atoms with van der Waals surface area (Å²) < 4.78 is 7.34. The number of ether oxygens (including phenoxy) is 1. The van der Waals surface area contributed by atoms with Crippen molar-refractivity contribution in [3.63, 3.8) is 0 Å². The number of nitrogens with one attached hydrogen (secondary N) is 1. The lowest BCUT2D eigenvalue weighted by molar-refractivity contribution is 0.177. The Morgan fingerprint density at radius 3 is 2.60 bits per heavy atom. The Bertz CT molecular complexity index is 464. The number of rotatable bonds is 4. The van der Waals surface area contributed by atoms with Crippen molar-refractivity contribution in [2.75, 3.05) is 19.7 Å². The lowest BCUT2D eigenvalue weighted by atomic mass is 9.86. The number of benzene rings is 1. The third-order valence-electron chi connectivity index (χ3n) is 4.68. The minimum absolute atomic E-state index is 0.642. The molecular weight excluding hydrogens is 314 g/mol. The minimum atomic E-state index is 0.642. The first-order valence-corrected chi connectivity index (χ1v) is 8.67. The van der Waals surface area contributed by atoms with Gasteiger partial charge in [-0.25, -0.2) is 0 Å². The van der Waals surface area contributed by atoms with E-state index in [1.165, 1.54) is 43.2 Å². The molecule has 0 atom stereocenters. The fraction of sp³-hybridized carbons (Fsp3) is 0.647. The van der Waals surface area contributed by atoms with Gasteiger partial charge in [-0.2, -0.15) is 0 Å². The zero-order valence-corrected chi connectivity index (χ0v) is 13.8. The van der Waals surface area contributed by atoms with Crippen molar-refractivity contribution in [3.8, 4) is 5.75 Å². The molecule has 1 saturated heterocycles. The average molecular weight is 338 g/mol. The molecule has 2 nitrogen and oxygen atoms in total. The molecule has 0 bridgehead atoms. The Balaban J connectivity index is 1.80. The van der Waals surface area contributed by atoms with Crippen LogP contribution in [-0.2, 0) is 0 Å². The highest BCUT2D eigenvalue weighted by molar-refractivity contribution is 9.10. The molecule has 0 unspecified atom stereocenters. The molecule has 20 heavy (non-hydrogen) atoms. The molecule has 1 aliphatic heterocycles. The summed E-state index contributed by atoms with van der Waals surface area (Å²) in [5.41, 5.74) is 2.74. The van der Waals surface area contributed by atoms with Gasteiger partial charge in [-0.15, -0.1) is 0 Å². The molecule has 2 fully saturated rings. The van der Waals surface area contributed by atoms with E-state index in [1.807, 2.05) is 0 Å². The van der Waals surface area contributed by atoms with Crippen LogP contribution in [0.3, 0.4) is 0 Å². The van der Waals surface area contributed by atoms with E-state index < -0.39 is 0 Å². The van der Waals surface area contributed by atoms with Crippen LogP contribution in [0.1, 0.15) is 49.1 Å². The number of aryl methyl sites for hydroxylation is 1. The molecule has 1 aromatic rings. The fourth-order valence-corrected chi connectivity index (χ4v) is 3.91. The molecule has 0 radical (unpaired) electrons. The van der Waals surface area contributed by atoms with Crippen LogP contribution in [-0.4, -0.2) is 19.7 Å². The number of hydrogen-bond donors (Lipinski definition) is 1. The Morgan fingerprint density at radius 2 is 1.95 bits per heavy atom. The van der Waals surface area contributed by atoms with Crippen LogP contribution in [0.5, 0.6) is 5.75 Å². The number of piperidine rings is 1. The average Bonchev–Trinajstić information content (AvgIpc) is 2.40. The van der Waals surface area contributed by atoms with Gasteiger partial charge in [-0.1, -0.05) is 12.5 Å². The molecule has 1 saturated carbocycles. The summed E-state index contributed by atoms with van der Waals surface area (Å²) in [7, 11) is 0. The Kier molecular flexibility index (Phi) is 4.67. The fourth-order valence-electron chi connectivity index (χ4n) is 3.20. The Hall–Kier alpha value is -0.540. The van der Waals surface area contributed by atoms with Crippen molar-refractivity contribution in [2.24, 2.45) is 5.92 Å². The van der Waals surface area contributed by atoms with Crippen molar-refractivity contribution < 1.29 is 4.74 Å². The van der Waals surface area contributed by atoms with Gasteiger partial charge in [-0.05, 0) is 90.7 Å². The van der Waals surface area contributed by atoms with E-state index in [2.05, 4.69) is 40.3 Å². The van der Waals surface area contributed by atoms with Crippen molar-refractivity contribution in [1.82, 2.24) is 5.32 Å². The van der Waals surface area contributed by atoms with Crippen molar-refractivity contribution >= 4 is 15.9 Å². The van der Waals surface area contributed by atoms with Gasteiger partial charge in [0.25, 0.3) is 0 Å². The van der Waals surface area contributed by atoms with E-state index in [-0.39, 0.29) is 0 Å². The van der Waals surface area contributed by atoms with Gasteiger partial charge < -0.3 is 10.1 Å². The second-order valence-corrected chi connectivity index (χ2v) is 7.15. The summed E-state index contributed by atoms with van der Waals surface area (Å²) in [6.07, 6.45) is 6.49. The lowest BCUT2D eigenvalue weighted by Gasteiger charge is -2.29. The topological polar surface area (TPSA) is 21.3 Å². The highest BCUT2D eigenvalue weighted by atomic mass is 79.9. The van der Waals surface area contributed by atoms with Crippen LogP contribution < -0.4 is 10.1 Å². The number of hydrogen-bond acceptors (Lipinski definition) is 2. The van der Waals surface area contributed by atoms with E-state index in [0.29, 0.717) is 5.92 Å². The maximum absolute atomic E-state index is 6.21. The van der Waals surface area contributed by atoms with E-state index >= 15 is 0 Å². The Labute approximate surface area is 130 Å². The van der Waals surface area contributed by atoms with Crippen LogP contribution in [0.4, 0.5) is 0 Å². The maximum atomic E-state index is 6.21. The first-order chi connectivity index (χ1) is 9.74. The molecule has 1 aromatic carbocycles. The zero-order valence-electron chi connectivity index (χ0n) is 12.3. The number of halogens is 1. The summed E-state index contributed by atoms with van der Waals surface area (Å²) in [6, 6.07) is 4.51. The summed E-state index contributed by atoms with van der Waals surface area (Å²) >= 11 is 3.71. The van der Waals surface area contributed by atoms with Crippen LogP contribution in [0.2, 0.25) is 0 Å². The van der Waals surface area contributed by atoms with Gasteiger partial charge in [0.1, 0.15) is 5.75 Å². The van der Waals surface area contributed by atoms with Gasteiger partial charge in [0.05, 0.1) is 11.1 Å². The first-order valence-electron chi connectivity index (χ1n) is 7.87. The van der Waals surface area contributed by atoms with Crippen molar-refractivity contribution in [2.45, 2.75) is 44.9 Å². The van der Waals surface area contributed by atoms with Crippen LogP contribution in [0.15, 0.2) is 16.6 Å². The SMILES string of the molecule is Cc1cc(Br)c(OCC2CCC2)c(C2CCNCC2)c1. The van der Waals surface area contributed by atoms with Gasteiger partial charge in [0, 0.05) is 0 Å². The normalized spacial score (nSPS) is 20.7. The molecular formula is C17H24BrNO. The molecule has 1 heterocycles. The van der Waals surface area contributed by atoms with Gasteiger partial charge in [0.15, 0.2) is 0 Å². The molecule has 3 rings (SSSR count). The lowest BCUT2D eigenvalue weighted by Crippen LogP contribution is -2.27. The largest absolute Gasteiger partial charge is 0.492 e. The minimum Gasteiger partial charge on any atom is -0.492 e. The summed E-state index contributed by atoms with van der Waals surface area (Å²) in [5.74, 6) is 2.53. The highest BCUT2D eigenvalue weighted by Gasteiger charge is 2.23. The monoisotopic (exact) mass is 337 g/mol. The smallest absolute Gasteiger partial charge is 0.136 e. The zero-order chi connectivity index (χ0) is 13.9. The summed E-state index contributed by atoms with van der Waals surface area (Å²) in [5, 5.41) is 3.45. The molecule has 2 aliphatic rings. The maximum Gasteiger partial charge on any atom is 0.136 e. The third kappa shape index (κ3) is 3.20. The molecule has 0 spiro atoms. The first kappa shape index (κ1) is 14.4. The molecule has 0 aromatic heterocycles. The van der Waals surface area contributed by atoms with E-state index in [1.54, 1.807) is 0 Å². The van der Waals surface area contributed by atoms with Gasteiger partial charge >= 0.3 is 0 Å². The Morgan fingerprint density at radius 1 is 1.20 bits per heavy atom. The summed E-state index contributed by atoms with van der Waals surface area (Å²) in [4.78, 5) is 0. The van der Waals surface area contributed by atoms with Crippen LogP contribution in [0.25, 0.3) is 0 Å². The highest BCUT2D eigenvalue weighted by Crippen LogP contribution is 2.39. The molecule has 0 amide bonds. The van der Waals surface area contributed by atoms with Crippen LogP contribution >= 0.6 is 15.9 Å². The second kappa shape index (κ2) is 6.48. The standard InChI is InChI=1S/C17H24BrNO/c1-12-9-15(14-5-7-19-8-6-14)17(16(18)10-12)20-11-13-3-2-4-13/h9-10,13-14,19H,2-8,11H2,1H3. The van der Waals surface area contributed by atoms with E-state index in [4.69, 9.17) is 4.74 Å². The van der Waals surface area contributed by atoms with E-state index in [9.17, 15) is 0 Å². The van der Waals surface area contributed by atoms with Gasteiger partial charge in [-0.3, -0.25) is 0 Å².